The number of carbonyl (C=O) groups excluding carboxylic acids is 2. The molecule has 8 nitrogen and oxygen atoms in total. The summed E-state index contributed by atoms with van der Waals surface area (Å²) in [5.74, 6) is 0.0917. The van der Waals surface area contributed by atoms with E-state index in [1.807, 2.05) is 31.2 Å². The number of thiophene rings is 1. The minimum atomic E-state index is -0.408. The van der Waals surface area contributed by atoms with E-state index in [4.69, 9.17) is 15.9 Å². The van der Waals surface area contributed by atoms with E-state index in [9.17, 15) is 9.18 Å². The zero-order valence-corrected chi connectivity index (χ0v) is 17.1. The molecule has 0 radical (unpaired) electrons. The summed E-state index contributed by atoms with van der Waals surface area (Å²) in [5.41, 5.74) is 9.16. The number of hydrogen-bond donors (Lipinski definition) is 4. The van der Waals surface area contributed by atoms with Crippen molar-refractivity contribution in [3.05, 3.63) is 65.6 Å². The maximum Gasteiger partial charge on any atom is 0.323 e. The summed E-state index contributed by atoms with van der Waals surface area (Å²) in [6.45, 7) is 2.02. The third kappa shape index (κ3) is 5.08. The van der Waals surface area contributed by atoms with Gasteiger partial charge in [-0.05, 0) is 48.9 Å². The molecule has 5 N–H and O–H groups in total. The summed E-state index contributed by atoms with van der Waals surface area (Å²) in [5, 5.41) is 11.7. The number of isocyanates is 1. The topological polar surface area (TPSA) is 134 Å². The molecule has 0 saturated carbocycles. The monoisotopic (exact) mass is 436 g/mol. The number of rotatable bonds is 3. The van der Waals surface area contributed by atoms with Crippen LogP contribution in [-0.4, -0.2) is 22.1 Å². The number of halogens is 1. The average Bonchev–Trinajstić information content (AvgIpc) is 3.08. The number of amides is 2. The van der Waals surface area contributed by atoms with E-state index in [1.165, 1.54) is 30.6 Å². The summed E-state index contributed by atoms with van der Waals surface area (Å²) in [6.07, 6.45) is 2.21. The van der Waals surface area contributed by atoms with Gasteiger partial charge in [0.25, 0.3) is 0 Å². The molecule has 0 aliphatic rings. The predicted octanol–water partition coefficient (Wildman–Crippen LogP) is 4.93. The number of fused-ring (bicyclic) bond motifs is 1. The molecule has 0 bridgehead atoms. The molecule has 2 aromatic carbocycles. The summed E-state index contributed by atoms with van der Waals surface area (Å²) in [4.78, 5) is 30.8. The first-order valence-corrected chi connectivity index (χ1v) is 9.72. The second-order valence-electron chi connectivity index (χ2n) is 6.24. The highest BCUT2D eigenvalue weighted by Gasteiger charge is 2.15. The first-order valence-electron chi connectivity index (χ1n) is 8.90. The van der Waals surface area contributed by atoms with E-state index in [0.29, 0.717) is 17.2 Å². The van der Waals surface area contributed by atoms with Gasteiger partial charge in [-0.2, -0.15) is 0 Å². The van der Waals surface area contributed by atoms with Crippen molar-refractivity contribution >= 4 is 50.9 Å². The van der Waals surface area contributed by atoms with Gasteiger partial charge in [0.1, 0.15) is 22.8 Å². The number of nitrogens with two attached hydrogens (primary N) is 1. The number of nitrogens with one attached hydrogen (secondary N) is 3. The molecule has 0 aliphatic heterocycles. The lowest BCUT2D eigenvalue weighted by molar-refractivity contribution is 0.262. The van der Waals surface area contributed by atoms with Crippen molar-refractivity contribution < 1.29 is 14.0 Å². The number of nitrogen functional groups attached to an aromatic ring is 1. The molecule has 0 atom stereocenters. The van der Waals surface area contributed by atoms with Crippen molar-refractivity contribution in [2.75, 3.05) is 16.4 Å². The summed E-state index contributed by atoms with van der Waals surface area (Å²) >= 11 is 1.57. The lowest BCUT2D eigenvalue weighted by atomic mass is 10.0. The van der Waals surface area contributed by atoms with E-state index >= 15 is 0 Å². The highest BCUT2D eigenvalue weighted by atomic mass is 32.1. The predicted molar refractivity (Wildman–Crippen MR) is 119 cm³/mol. The van der Waals surface area contributed by atoms with Crippen LogP contribution in [0.1, 0.15) is 4.88 Å². The summed E-state index contributed by atoms with van der Waals surface area (Å²) in [6, 6.07) is 12.6. The van der Waals surface area contributed by atoms with E-state index < -0.39 is 6.03 Å². The molecule has 0 saturated heterocycles. The molecule has 4 rings (SSSR count). The number of aryl methyl sites for hydroxylation is 1. The average molecular weight is 436 g/mol. The van der Waals surface area contributed by atoms with Gasteiger partial charge < -0.3 is 16.4 Å². The minimum Gasteiger partial charge on any atom is -0.383 e. The first kappa shape index (κ1) is 21.6. The van der Waals surface area contributed by atoms with Gasteiger partial charge in [-0.15, -0.1) is 11.3 Å². The van der Waals surface area contributed by atoms with Gasteiger partial charge in [0, 0.05) is 21.8 Å². The zero-order chi connectivity index (χ0) is 22.4. The molecule has 156 valence electrons. The Morgan fingerprint density at radius 2 is 1.61 bits per heavy atom. The first-order chi connectivity index (χ1) is 14.9. The van der Waals surface area contributed by atoms with Crippen molar-refractivity contribution in [1.29, 1.82) is 5.41 Å². The molecule has 2 amide bonds. The Morgan fingerprint density at radius 3 is 2.19 bits per heavy atom. The van der Waals surface area contributed by atoms with Gasteiger partial charge in [-0.25, -0.2) is 29.4 Å². The Morgan fingerprint density at radius 1 is 1.06 bits per heavy atom. The fourth-order valence-corrected chi connectivity index (χ4v) is 3.98. The lowest BCUT2D eigenvalue weighted by Crippen LogP contribution is -2.19. The number of carbonyl (C=O) groups is 1. The van der Waals surface area contributed by atoms with Crippen molar-refractivity contribution in [1.82, 2.24) is 9.97 Å². The summed E-state index contributed by atoms with van der Waals surface area (Å²) in [7, 11) is 0. The smallest absolute Gasteiger partial charge is 0.323 e. The van der Waals surface area contributed by atoms with E-state index in [2.05, 4.69) is 20.6 Å². The molecule has 2 heterocycles. The van der Waals surface area contributed by atoms with Crippen LogP contribution in [0.2, 0.25) is 0 Å². The molecule has 0 aliphatic carbocycles. The Labute approximate surface area is 180 Å². The number of hydrogen-bond acceptors (Lipinski definition) is 7. The van der Waals surface area contributed by atoms with Crippen molar-refractivity contribution in [3.63, 3.8) is 0 Å². The Hall–Kier alpha value is -4.14. The van der Waals surface area contributed by atoms with Crippen LogP contribution >= 0.6 is 11.3 Å². The number of anilines is 3. The summed E-state index contributed by atoms with van der Waals surface area (Å²) < 4.78 is 12.9. The zero-order valence-electron chi connectivity index (χ0n) is 16.3. The van der Waals surface area contributed by atoms with Crippen LogP contribution in [0.5, 0.6) is 0 Å². The molecule has 0 unspecified atom stereocenters. The SMILES string of the molecule is Cc1sc2ncnc(N)c2c1-c1ccc(NC(=O)Nc2ccc(F)cc2)cc1.N=C=O. The van der Waals surface area contributed by atoms with E-state index in [0.717, 1.165) is 32.3 Å². The normalized spacial score (nSPS) is 10.0. The molecule has 0 spiro atoms. The molecule has 10 heteroatoms. The van der Waals surface area contributed by atoms with Gasteiger partial charge in [-0.1, -0.05) is 12.1 Å². The van der Waals surface area contributed by atoms with Crippen LogP contribution < -0.4 is 16.4 Å². The number of nitrogens with zero attached hydrogens (tertiary/aromatic N) is 2. The van der Waals surface area contributed by atoms with Gasteiger partial charge in [0.15, 0.2) is 0 Å². The molecule has 31 heavy (non-hydrogen) atoms. The van der Waals surface area contributed by atoms with Crippen LogP contribution in [0, 0.1) is 18.2 Å². The highest BCUT2D eigenvalue weighted by molar-refractivity contribution is 7.19. The number of aromatic nitrogens is 2. The van der Waals surface area contributed by atoms with Gasteiger partial charge in [0.2, 0.25) is 6.08 Å². The highest BCUT2D eigenvalue weighted by Crippen LogP contribution is 2.39. The molecule has 2 aromatic heterocycles. The Bertz CT molecular complexity index is 1250. The maximum absolute atomic E-state index is 12.9. The minimum absolute atomic E-state index is 0.358. The third-order valence-corrected chi connectivity index (χ3v) is 5.24. The lowest BCUT2D eigenvalue weighted by Gasteiger charge is -2.09. The second kappa shape index (κ2) is 9.57. The largest absolute Gasteiger partial charge is 0.383 e. The Balaban J connectivity index is 0.000000858. The van der Waals surface area contributed by atoms with E-state index in [-0.39, 0.29) is 5.82 Å². The van der Waals surface area contributed by atoms with Crippen molar-refractivity contribution in [2.24, 2.45) is 0 Å². The molecule has 0 fully saturated rings. The maximum atomic E-state index is 12.9. The second-order valence-corrected chi connectivity index (χ2v) is 7.44. The van der Waals surface area contributed by atoms with Crippen LogP contribution in [0.25, 0.3) is 21.3 Å². The number of benzene rings is 2. The van der Waals surface area contributed by atoms with E-state index in [1.54, 1.807) is 11.3 Å². The van der Waals surface area contributed by atoms with Gasteiger partial charge in [0.05, 0.1) is 5.39 Å². The third-order valence-electron chi connectivity index (χ3n) is 4.23. The molecular formula is C21H17FN6O2S. The molecule has 4 aromatic rings. The quantitative estimate of drug-likeness (QED) is 0.267. The standard InChI is InChI=1S/C20H16FN5OS.CHNO/c1-11-16(17-18(22)23-10-24-19(17)28-11)12-2-6-14(7-3-12)25-20(27)26-15-8-4-13(21)5-9-15;2-1-3/h2-10H,1H3,(H2,22,23,24)(H2,25,26,27);2H. The van der Waals surface area contributed by atoms with Gasteiger partial charge >= 0.3 is 6.03 Å². The van der Waals surface area contributed by atoms with Crippen LogP contribution in [0.3, 0.4) is 0 Å². The fraction of sp³-hybridized carbons (Fsp3) is 0.0476. The molecular weight excluding hydrogens is 419 g/mol. The van der Waals surface area contributed by atoms with Gasteiger partial charge in [-0.3, -0.25) is 0 Å². The Kier molecular flexibility index (Phi) is 6.66. The fourth-order valence-electron chi connectivity index (χ4n) is 2.96. The number of urea groups is 1. The van der Waals surface area contributed by atoms with Crippen molar-refractivity contribution in [3.8, 4) is 11.1 Å². The van der Waals surface area contributed by atoms with Crippen LogP contribution in [0.4, 0.5) is 26.4 Å². The van der Waals surface area contributed by atoms with Crippen molar-refractivity contribution in [2.45, 2.75) is 6.92 Å². The van der Waals surface area contributed by atoms with Crippen LogP contribution in [-0.2, 0) is 4.79 Å². The van der Waals surface area contributed by atoms with Crippen LogP contribution in [0.15, 0.2) is 54.9 Å².